The zero-order valence-corrected chi connectivity index (χ0v) is 41.6. The van der Waals surface area contributed by atoms with Gasteiger partial charge in [-0.2, -0.15) is 0 Å². The fraction of sp³-hybridized carbons (Fsp3) is 0.964. The number of rotatable bonds is 51. The number of carbonyl (C=O) groups excluding carboxylic acids is 2. The molecule has 1 amide bonds. The van der Waals surface area contributed by atoms with Crippen LogP contribution in [0.15, 0.2) is 0 Å². The Balaban J connectivity index is 4.51. The van der Waals surface area contributed by atoms with Crippen LogP contribution in [0.3, 0.4) is 0 Å². The summed E-state index contributed by atoms with van der Waals surface area (Å²) in [6.07, 6.45) is 54.5. The number of carbonyl (C=O) groups is 2. The number of esters is 1. The van der Waals surface area contributed by atoms with Crippen molar-refractivity contribution >= 4 is 11.9 Å². The molecule has 0 bridgehead atoms. The highest BCUT2D eigenvalue weighted by Gasteiger charge is 2.24. The van der Waals surface area contributed by atoms with Gasteiger partial charge in [0.25, 0.3) is 0 Å². The van der Waals surface area contributed by atoms with Crippen molar-refractivity contribution in [2.75, 3.05) is 6.61 Å². The number of ether oxygens (including phenoxy) is 1. The Morgan fingerprint density at radius 3 is 1.00 bits per heavy atom. The lowest BCUT2D eigenvalue weighted by atomic mass is 10.0. The Bertz CT molecular complexity index is 882. The molecular formula is C55H109NO5. The van der Waals surface area contributed by atoms with E-state index in [-0.39, 0.29) is 24.9 Å². The summed E-state index contributed by atoms with van der Waals surface area (Å²) in [4.78, 5) is 26.2. The second kappa shape index (κ2) is 49.9. The number of aliphatic hydroxyl groups is 2. The summed E-state index contributed by atoms with van der Waals surface area (Å²) in [5.41, 5.74) is 0. The maximum absolute atomic E-state index is 13.2. The zero-order chi connectivity index (χ0) is 44.5. The second-order valence-electron chi connectivity index (χ2n) is 19.4. The van der Waals surface area contributed by atoms with Crippen molar-refractivity contribution in [3.63, 3.8) is 0 Å². The average Bonchev–Trinajstić information content (AvgIpc) is 3.25. The minimum Gasteiger partial charge on any atom is -0.462 e. The van der Waals surface area contributed by atoms with E-state index in [0.29, 0.717) is 19.3 Å². The van der Waals surface area contributed by atoms with Crippen molar-refractivity contribution in [2.45, 2.75) is 334 Å². The van der Waals surface area contributed by atoms with Crippen LogP contribution in [0.25, 0.3) is 0 Å². The zero-order valence-electron chi connectivity index (χ0n) is 41.6. The Morgan fingerprint density at radius 1 is 0.410 bits per heavy atom. The van der Waals surface area contributed by atoms with Crippen LogP contribution in [0.2, 0.25) is 0 Å². The highest BCUT2D eigenvalue weighted by molar-refractivity contribution is 5.77. The topological polar surface area (TPSA) is 95.9 Å². The number of amides is 1. The Labute approximate surface area is 381 Å². The Morgan fingerprint density at radius 2 is 0.689 bits per heavy atom. The van der Waals surface area contributed by atoms with Crippen molar-refractivity contribution in [1.29, 1.82) is 0 Å². The number of nitrogens with one attached hydrogen (secondary N) is 1. The van der Waals surface area contributed by atoms with Crippen molar-refractivity contribution in [2.24, 2.45) is 0 Å². The summed E-state index contributed by atoms with van der Waals surface area (Å²) in [7, 11) is 0. The van der Waals surface area contributed by atoms with Gasteiger partial charge in [-0.25, -0.2) is 0 Å². The molecule has 0 aromatic rings. The van der Waals surface area contributed by atoms with E-state index in [1.54, 1.807) is 0 Å². The molecule has 0 spiro atoms. The Kier molecular flexibility index (Phi) is 48.9. The fourth-order valence-electron chi connectivity index (χ4n) is 8.96. The van der Waals surface area contributed by atoms with E-state index in [4.69, 9.17) is 4.74 Å². The van der Waals surface area contributed by atoms with Gasteiger partial charge in [0, 0.05) is 6.42 Å². The second-order valence-corrected chi connectivity index (χ2v) is 19.4. The van der Waals surface area contributed by atoms with Crippen LogP contribution in [0.5, 0.6) is 0 Å². The third-order valence-electron chi connectivity index (χ3n) is 13.2. The van der Waals surface area contributed by atoms with Gasteiger partial charge in [-0.05, 0) is 25.7 Å². The van der Waals surface area contributed by atoms with E-state index in [0.717, 1.165) is 38.5 Å². The molecule has 0 radical (unpaired) electrons. The molecule has 3 unspecified atom stereocenters. The molecule has 3 N–H and O–H groups in total. The summed E-state index contributed by atoms with van der Waals surface area (Å²) in [6.45, 7) is 6.53. The lowest BCUT2D eigenvalue weighted by Crippen LogP contribution is -2.46. The minimum atomic E-state index is -0.779. The standard InChI is InChI=1S/C55H109NO5/c1-4-7-10-13-16-19-22-25-27-29-31-34-37-40-43-46-51(61-55(60)48-45-42-39-36-33-30-26-23-20-17-14-11-8-5-2)49-54(59)56-52(50-57)53(58)47-44-41-38-35-32-28-24-21-18-15-12-9-6-3/h51-53,57-58H,4-50H2,1-3H3,(H,56,59). The molecule has 0 saturated heterocycles. The van der Waals surface area contributed by atoms with Crippen molar-refractivity contribution in [3.05, 3.63) is 0 Å². The number of unbranched alkanes of at least 4 members (excludes halogenated alkanes) is 39. The molecule has 0 rings (SSSR count). The first-order valence-electron chi connectivity index (χ1n) is 27.8. The van der Waals surface area contributed by atoms with E-state index >= 15 is 0 Å². The van der Waals surface area contributed by atoms with E-state index in [9.17, 15) is 19.8 Å². The number of hydrogen-bond acceptors (Lipinski definition) is 5. The molecule has 0 fully saturated rings. The molecule has 0 aromatic heterocycles. The molecule has 0 heterocycles. The van der Waals surface area contributed by atoms with Crippen LogP contribution < -0.4 is 5.32 Å². The van der Waals surface area contributed by atoms with Gasteiger partial charge in [0.15, 0.2) is 0 Å². The highest BCUT2D eigenvalue weighted by Crippen LogP contribution is 2.19. The van der Waals surface area contributed by atoms with Crippen LogP contribution in [0, 0.1) is 0 Å². The predicted octanol–water partition coefficient (Wildman–Crippen LogP) is 16.7. The third-order valence-corrected chi connectivity index (χ3v) is 13.2. The van der Waals surface area contributed by atoms with Crippen LogP contribution in [-0.4, -0.2) is 46.9 Å². The largest absolute Gasteiger partial charge is 0.462 e. The highest BCUT2D eigenvalue weighted by atomic mass is 16.5. The molecule has 0 aliphatic carbocycles. The molecule has 0 aliphatic rings. The SMILES string of the molecule is CCCCCCCCCCCCCCCCCC(CC(=O)NC(CO)C(O)CCCCCCCCCCCCCCC)OC(=O)CCCCCCCCCCCCCCCC. The molecular weight excluding hydrogens is 755 g/mol. The fourth-order valence-corrected chi connectivity index (χ4v) is 8.96. The van der Waals surface area contributed by atoms with Crippen molar-refractivity contribution in [3.8, 4) is 0 Å². The van der Waals surface area contributed by atoms with Gasteiger partial charge >= 0.3 is 5.97 Å². The summed E-state index contributed by atoms with van der Waals surface area (Å²) in [6, 6.07) is -0.692. The van der Waals surface area contributed by atoms with E-state index in [2.05, 4.69) is 26.1 Å². The number of aliphatic hydroxyl groups excluding tert-OH is 2. The summed E-state index contributed by atoms with van der Waals surface area (Å²) >= 11 is 0. The Hall–Kier alpha value is -1.14. The van der Waals surface area contributed by atoms with Crippen LogP contribution in [0.4, 0.5) is 0 Å². The van der Waals surface area contributed by atoms with Gasteiger partial charge in [0.05, 0.1) is 25.2 Å². The van der Waals surface area contributed by atoms with Crippen LogP contribution in [0.1, 0.15) is 316 Å². The van der Waals surface area contributed by atoms with Crippen LogP contribution >= 0.6 is 0 Å². The molecule has 0 saturated carbocycles. The summed E-state index contributed by atoms with van der Waals surface area (Å²) in [5.74, 6) is -0.447. The average molecular weight is 864 g/mol. The molecule has 364 valence electrons. The number of hydrogen-bond donors (Lipinski definition) is 3. The predicted molar refractivity (Wildman–Crippen MR) is 264 cm³/mol. The first-order chi connectivity index (χ1) is 30.0. The maximum Gasteiger partial charge on any atom is 0.306 e. The van der Waals surface area contributed by atoms with Gasteiger partial charge in [0.1, 0.15) is 6.10 Å². The summed E-state index contributed by atoms with van der Waals surface area (Å²) < 4.78 is 5.96. The monoisotopic (exact) mass is 864 g/mol. The van der Waals surface area contributed by atoms with Crippen molar-refractivity contribution < 1.29 is 24.5 Å². The van der Waals surface area contributed by atoms with E-state index in [1.165, 1.54) is 231 Å². The molecule has 6 heteroatoms. The summed E-state index contributed by atoms with van der Waals surface area (Å²) in [5, 5.41) is 23.8. The van der Waals surface area contributed by atoms with Gasteiger partial charge in [-0.3, -0.25) is 9.59 Å². The smallest absolute Gasteiger partial charge is 0.306 e. The first kappa shape index (κ1) is 59.9. The quantitative estimate of drug-likeness (QED) is 0.0418. The van der Waals surface area contributed by atoms with E-state index in [1.807, 2.05) is 0 Å². The van der Waals surface area contributed by atoms with Gasteiger partial charge in [0.2, 0.25) is 5.91 Å². The molecule has 3 atom stereocenters. The van der Waals surface area contributed by atoms with Gasteiger partial charge < -0.3 is 20.3 Å². The molecule has 0 aliphatic heterocycles. The van der Waals surface area contributed by atoms with E-state index < -0.39 is 18.2 Å². The maximum atomic E-state index is 13.2. The minimum absolute atomic E-state index is 0.0883. The lowest BCUT2D eigenvalue weighted by molar-refractivity contribution is -0.151. The third kappa shape index (κ3) is 45.2. The van der Waals surface area contributed by atoms with Gasteiger partial charge in [-0.1, -0.05) is 278 Å². The van der Waals surface area contributed by atoms with Crippen LogP contribution in [-0.2, 0) is 14.3 Å². The molecule has 61 heavy (non-hydrogen) atoms. The normalized spacial score (nSPS) is 13.1. The molecule has 0 aromatic carbocycles. The van der Waals surface area contributed by atoms with Crippen molar-refractivity contribution in [1.82, 2.24) is 5.32 Å². The molecule has 6 nitrogen and oxygen atoms in total. The first-order valence-corrected chi connectivity index (χ1v) is 27.8. The van der Waals surface area contributed by atoms with Gasteiger partial charge in [-0.15, -0.1) is 0 Å². The lowest BCUT2D eigenvalue weighted by Gasteiger charge is -2.24.